The summed E-state index contributed by atoms with van der Waals surface area (Å²) in [5.74, 6) is -0.347. The van der Waals surface area contributed by atoms with Gasteiger partial charge in [-0.1, -0.05) is 6.07 Å². The van der Waals surface area contributed by atoms with E-state index in [1.165, 1.54) is 6.07 Å². The molecule has 1 aliphatic rings. The molecule has 4 heteroatoms. The van der Waals surface area contributed by atoms with Crippen molar-refractivity contribution < 1.29 is 19.4 Å². The maximum atomic E-state index is 10.8. The van der Waals surface area contributed by atoms with Crippen LogP contribution in [0.4, 0.5) is 0 Å². The number of carboxylic acids is 1. The van der Waals surface area contributed by atoms with Gasteiger partial charge in [0.1, 0.15) is 11.9 Å². The third-order valence-electron chi connectivity index (χ3n) is 2.50. The lowest BCUT2D eigenvalue weighted by Crippen LogP contribution is -2.28. The fourth-order valence-electron chi connectivity index (χ4n) is 1.70. The van der Waals surface area contributed by atoms with Crippen LogP contribution < -0.4 is 4.74 Å². The molecule has 2 rings (SSSR count). The zero-order chi connectivity index (χ0) is 11.4. The van der Waals surface area contributed by atoms with Crippen LogP contribution in [0.3, 0.4) is 0 Å². The Bertz CT molecular complexity index is 369. The molecule has 1 heterocycles. The zero-order valence-corrected chi connectivity index (χ0v) is 8.89. The van der Waals surface area contributed by atoms with E-state index in [-0.39, 0.29) is 11.7 Å². The lowest BCUT2D eigenvalue weighted by Gasteiger charge is -2.23. The average molecular weight is 222 g/mol. The van der Waals surface area contributed by atoms with E-state index in [2.05, 4.69) is 0 Å². The number of rotatable bonds is 3. The van der Waals surface area contributed by atoms with Gasteiger partial charge in [-0.3, -0.25) is 0 Å². The number of aromatic carboxylic acids is 1. The zero-order valence-electron chi connectivity index (χ0n) is 8.89. The highest BCUT2D eigenvalue weighted by molar-refractivity contribution is 5.87. The molecule has 0 aliphatic carbocycles. The molecule has 16 heavy (non-hydrogen) atoms. The van der Waals surface area contributed by atoms with Crippen LogP contribution >= 0.6 is 0 Å². The molecule has 4 nitrogen and oxygen atoms in total. The smallest absolute Gasteiger partial charge is 0.335 e. The van der Waals surface area contributed by atoms with E-state index in [1.54, 1.807) is 18.2 Å². The molecule has 86 valence electrons. The molecule has 0 saturated carbocycles. The molecular formula is C12H14O4. The monoisotopic (exact) mass is 222 g/mol. The van der Waals surface area contributed by atoms with Crippen molar-refractivity contribution in [3.63, 3.8) is 0 Å². The van der Waals surface area contributed by atoms with Crippen LogP contribution in [0, 0.1) is 0 Å². The first kappa shape index (κ1) is 11.0. The van der Waals surface area contributed by atoms with Crippen LogP contribution in [0.1, 0.15) is 23.2 Å². The van der Waals surface area contributed by atoms with Gasteiger partial charge in [-0.15, -0.1) is 0 Å². The van der Waals surface area contributed by atoms with Gasteiger partial charge in [-0.05, 0) is 31.0 Å². The Morgan fingerprint density at radius 1 is 1.50 bits per heavy atom. The highest BCUT2D eigenvalue weighted by Crippen LogP contribution is 2.18. The first-order chi connectivity index (χ1) is 7.75. The molecule has 0 bridgehead atoms. The Labute approximate surface area is 93.8 Å². The van der Waals surface area contributed by atoms with Crippen molar-refractivity contribution in [3.05, 3.63) is 29.8 Å². The van der Waals surface area contributed by atoms with Crippen molar-refractivity contribution in [2.75, 3.05) is 13.2 Å². The number of hydrogen-bond acceptors (Lipinski definition) is 3. The summed E-state index contributed by atoms with van der Waals surface area (Å²) in [7, 11) is 0. The summed E-state index contributed by atoms with van der Waals surface area (Å²) in [5.41, 5.74) is 0.245. The maximum absolute atomic E-state index is 10.8. The van der Waals surface area contributed by atoms with E-state index in [4.69, 9.17) is 14.6 Å². The van der Waals surface area contributed by atoms with Crippen molar-refractivity contribution in [1.82, 2.24) is 0 Å². The molecule has 0 amide bonds. The molecule has 1 N–H and O–H groups in total. The summed E-state index contributed by atoms with van der Waals surface area (Å²) in [4.78, 5) is 10.8. The molecule has 1 fully saturated rings. The molecule has 0 aromatic heterocycles. The Morgan fingerprint density at radius 3 is 3.06 bits per heavy atom. The number of carboxylic acid groups (broad SMARTS) is 1. The van der Waals surface area contributed by atoms with Gasteiger partial charge >= 0.3 is 5.97 Å². The van der Waals surface area contributed by atoms with Crippen LogP contribution in [-0.4, -0.2) is 30.4 Å². The second-order valence-corrected chi connectivity index (χ2v) is 3.79. The van der Waals surface area contributed by atoms with Crippen molar-refractivity contribution >= 4 is 5.97 Å². The van der Waals surface area contributed by atoms with E-state index in [0.717, 1.165) is 19.4 Å². The van der Waals surface area contributed by atoms with Crippen LogP contribution in [0.15, 0.2) is 24.3 Å². The van der Waals surface area contributed by atoms with E-state index < -0.39 is 5.97 Å². The maximum Gasteiger partial charge on any atom is 0.335 e. The molecule has 1 aromatic rings. The van der Waals surface area contributed by atoms with Crippen LogP contribution in [0.5, 0.6) is 5.75 Å². The fourth-order valence-corrected chi connectivity index (χ4v) is 1.70. The van der Waals surface area contributed by atoms with Gasteiger partial charge in [0.25, 0.3) is 0 Å². The number of benzene rings is 1. The standard InChI is InChI=1S/C12H14O4/c13-12(14)9-3-1-4-10(7-9)16-11-5-2-6-15-8-11/h1,3-4,7,11H,2,5-6,8H2,(H,13,14). The van der Waals surface area contributed by atoms with Crippen LogP contribution in [0.2, 0.25) is 0 Å². The van der Waals surface area contributed by atoms with Gasteiger partial charge in [0.2, 0.25) is 0 Å². The van der Waals surface area contributed by atoms with Crippen molar-refractivity contribution in [2.24, 2.45) is 0 Å². The third kappa shape index (κ3) is 2.73. The Kier molecular flexibility index (Phi) is 3.41. The van der Waals surface area contributed by atoms with Crippen LogP contribution in [-0.2, 0) is 4.74 Å². The molecule has 1 aromatic carbocycles. The van der Waals surface area contributed by atoms with Gasteiger partial charge in [-0.2, -0.15) is 0 Å². The van der Waals surface area contributed by atoms with Crippen molar-refractivity contribution in [2.45, 2.75) is 18.9 Å². The third-order valence-corrected chi connectivity index (χ3v) is 2.50. The largest absolute Gasteiger partial charge is 0.488 e. The molecule has 0 radical (unpaired) electrons. The summed E-state index contributed by atoms with van der Waals surface area (Å²) < 4.78 is 10.9. The first-order valence-corrected chi connectivity index (χ1v) is 5.33. The van der Waals surface area contributed by atoms with E-state index >= 15 is 0 Å². The fraction of sp³-hybridized carbons (Fsp3) is 0.417. The molecular weight excluding hydrogens is 208 g/mol. The van der Waals surface area contributed by atoms with E-state index in [0.29, 0.717) is 12.4 Å². The minimum Gasteiger partial charge on any atom is -0.488 e. The highest BCUT2D eigenvalue weighted by atomic mass is 16.5. The number of carbonyl (C=O) groups is 1. The summed E-state index contributed by atoms with van der Waals surface area (Å²) in [6.45, 7) is 1.37. The summed E-state index contributed by atoms with van der Waals surface area (Å²) in [5, 5.41) is 8.83. The molecule has 1 aliphatic heterocycles. The number of ether oxygens (including phenoxy) is 2. The SMILES string of the molecule is O=C(O)c1cccc(OC2CCCOC2)c1. The van der Waals surface area contributed by atoms with Gasteiger partial charge in [0.15, 0.2) is 0 Å². The van der Waals surface area contributed by atoms with E-state index in [9.17, 15) is 4.79 Å². The van der Waals surface area contributed by atoms with Crippen molar-refractivity contribution in [1.29, 1.82) is 0 Å². The van der Waals surface area contributed by atoms with Crippen LogP contribution in [0.25, 0.3) is 0 Å². The molecule has 1 saturated heterocycles. The average Bonchev–Trinajstić information content (AvgIpc) is 2.30. The molecule has 1 atom stereocenters. The Balaban J connectivity index is 2.02. The minimum absolute atomic E-state index is 0.0396. The molecule has 1 unspecified atom stereocenters. The van der Waals surface area contributed by atoms with Gasteiger partial charge < -0.3 is 14.6 Å². The predicted molar refractivity (Wildman–Crippen MR) is 57.9 cm³/mol. The van der Waals surface area contributed by atoms with Gasteiger partial charge in [-0.25, -0.2) is 4.79 Å². The lowest BCUT2D eigenvalue weighted by molar-refractivity contribution is 0.00738. The Morgan fingerprint density at radius 2 is 2.38 bits per heavy atom. The quantitative estimate of drug-likeness (QED) is 0.849. The predicted octanol–water partition coefficient (Wildman–Crippen LogP) is 1.94. The van der Waals surface area contributed by atoms with Gasteiger partial charge in [0, 0.05) is 6.61 Å². The normalized spacial score (nSPS) is 20.4. The lowest BCUT2D eigenvalue weighted by atomic mass is 10.1. The number of hydrogen-bond donors (Lipinski definition) is 1. The van der Waals surface area contributed by atoms with E-state index in [1.807, 2.05) is 0 Å². The summed E-state index contributed by atoms with van der Waals surface area (Å²) in [6.07, 6.45) is 1.98. The summed E-state index contributed by atoms with van der Waals surface area (Å²) in [6, 6.07) is 6.53. The minimum atomic E-state index is -0.939. The second-order valence-electron chi connectivity index (χ2n) is 3.79. The van der Waals surface area contributed by atoms with Gasteiger partial charge in [0.05, 0.1) is 12.2 Å². The Hall–Kier alpha value is -1.55. The van der Waals surface area contributed by atoms with Crippen molar-refractivity contribution in [3.8, 4) is 5.75 Å². The highest BCUT2D eigenvalue weighted by Gasteiger charge is 2.15. The topological polar surface area (TPSA) is 55.8 Å². The molecule has 0 spiro atoms. The second kappa shape index (κ2) is 4.99. The first-order valence-electron chi connectivity index (χ1n) is 5.33. The summed E-state index contributed by atoms with van der Waals surface area (Å²) >= 11 is 0.